The van der Waals surface area contributed by atoms with Crippen molar-refractivity contribution in [2.24, 2.45) is 0 Å². The molecular weight excluding hydrogens is 300 g/mol. The van der Waals surface area contributed by atoms with E-state index in [0.29, 0.717) is 11.8 Å². The molecule has 0 radical (unpaired) electrons. The van der Waals surface area contributed by atoms with Crippen molar-refractivity contribution in [3.05, 3.63) is 61.2 Å². The predicted octanol–water partition coefficient (Wildman–Crippen LogP) is 3.71. The summed E-state index contributed by atoms with van der Waals surface area (Å²) in [7, 11) is 0. The second-order valence-electron chi connectivity index (χ2n) is 6.39. The molecule has 0 aliphatic rings. The summed E-state index contributed by atoms with van der Waals surface area (Å²) >= 11 is 0. The number of hydrogen-bond acceptors (Lipinski definition) is 4. The van der Waals surface area contributed by atoms with E-state index in [1.165, 1.54) is 0 Å². The molecule has 24 heavy (non-hydrogen) atoms. The van der Waals surface area contributed by atoms with Crippen molar-refractivity contribution in [2.45, 2.75) is 39.5 Å². The van der Waals surface area contributed by atoms with Crippen LogP contribution in [0.15, 0.2) is 49.8 Å². The monoisotopic (exact) mass is 322 g/mol. The number of rotatable bonds is 2. The molecule has 0 unspecified atom stereocenters. The summed E-state index contributed by atoms with van der Waals surface area (Å²) < 4.78 is 3.90. The Balaban J connectivity index is 0.000000141. The van der Waals surface area contributed by atoms with Crippen molar-refractivity contribution < 1.29 is 0 Å². The van der Waals surface area contributed by atoms with Crippen LogP contribution in [0.2, 0.25) is 0 Å². The minimum atomic E-state index is 0.469. The van der Waals surface area contributed by atoms with Crippen molar-refractivity contribution in [3.63, 3.8) is 0 Å². The van der Waals surface area contributed by atoms with Gasteiger partial charge in [-0.1, -0.05) is 27.7 Å². The number of imidazole rings is 2. The van der Waals surface area contributed by atoms with Crippen LogP contribution in [0.1, 0.15) is 50.9 Å². The lowest BCUT2D eigenvalue weighted by atomic mass is 10.1. The van der Waals surface area contributed by atoms with Gasteiger partial charge in [-0.25, -0.2) is 15.0 Å². The molecule has 0 aliphatic heterocycles. The van der Waals surface area contributed by atoms with Crippen LogP contribution in [0, 0.1) is 0 Å². The Labute approximate surface area is 141 Å². The highest BCUT2D eigenvalue weighted by molar-refractivity contribution is 5.45. The predicted molar refractivity (Wildman–Crippen MR) is 94.2 cm³/mol. The van der Waals surface area contributed by atoms with Crippen molar-refractivity contribution in [1.82, 2.24) is 28.7 Å². The largest absolute Gasteiger partial charge is 0.303 e. The molecule has 0 saturated carbocycles. The fourth-order valence-corrected chi connectivity index (χ4v) is 2.29. The Hall–Kier alpha value is -2.76. The van der Waals surface area contributed by atoms with E-state index in [2.05, 4.69) is 53.7 Å². The van der Waals surface area contributed by atoms with E-state index in [0.717, 1.165) is 22.4 Å². The van der Waals surface area contributed by atoms with Gasteiger partial charge in [-0.3, -0.25) is 9.38 Å². The zero-order valence-corrected chi connectivity index (χ0v) is 14.5. The van der Waals surface area contributed by atoms with Crippen LogP contribution in [-0.4, -0.2) is 28.7 Å². The molecule has 124 valence electrons. The maximum absolute atomic E-state index is 4.32. The van der Waals surface area contributed by atoms with Crippen LogP contribution in [0.3, 0.4) is 0 Å². The van der Waals surface area contributed by atoms with Crippen molar-refractivity contribution >= 4 is 11.0 Å². The van der Waals surface area contributed by atoms with E-state index in [-0.39, 0.29) is 0 Å². The Bertz CT molecular complexity index is 857. The van der Waals surface area contributed by atoms with Gasteiger partial charge in [0.05, 0.1) is 41.6 Å². The van der Waals surface area contributed by atoms with Crippen LogP contribution in [0.5, 0.6) is 0 Å². The van der Waals surface area contributed by atoms with Gasteiger partial charge < -0.3 is 4.40 Å². The zero-order chi connectivity index (χ0) is 17.1. The lowest BCUT2D eigenvalue weighted by molar-refractivity contribution is 0.808. The average molecular weight is 322 g/mol. The third-order valence-corrected chi connectivity index (χ3v) is 3.82. The summed E-state index contributed by atoms with van der Waals surface area (Å²) in [4.78, 5) is 16.7. The summed E-state index contributed by atoms with van der Waals surface area (Å²) in [5.74, 6) is 0.946. The molecule has 6 heteroatoms. The highest BCUT2D eigenvalue weighted by Gasteiger charge is 2.02. The molecular formula is C18H22N6. The molecule has 0 fully saturated rings. The fraction of sp³-hybridized carbons (Fsp3) is 0.333. The Kier molecular flexibility index (Phi) is 4.55. The van der Waals surface area contributed by atoms with Crippen molar-refractivity contribution in [1.29, 1.82) is 0 Å². The topological polar surface area (TPSA) is 60.4 Å². The minimum absolute atomic E-state index is 0.469. The van der Waals surface area contributed by atoms with E-state index in [1.807, 2.05) is 27.4 Å². The number of aromatic nitrogens is 6. The normalized spacial score (nSPS) is 11.2. The third kappa shape index (κ3) is 3.42. The summed E-state index contributed by atoms with van der Waals surface area (Å²) in [6.07, 6.45) is 12.9. The summed E-state index contributed by atoms with van der Waals surface area (Å²) in [6, 6.07) is 2.07. The van der Waals surface area contributed by atoms with Gasteiger partial charge >= 0.3 is 0 Å². The maximum Gasteiger partial charge on any atom is 0.101 e. The molecule has 0 amide bonds. The fourth-order valence-electron chi connectivity index (χ4n) is 2.29. The van der Waals surface area contributed by atoms with E-state index in [9.17, 15) is 0 Å². The molecule has 6 nitrogen and oxygen atoms in total. The second kappa shape index (κ2) is 6.78. The van der Waals surface area contributed by atoms with Crippen LogP contribution in [0.4, 0.5) is 0 Å². The van der Waals surface area contributed by atoms with Gasteiger partial charge in [0.15, 0.2) is 0 Å². The molecule has 0 N–H and O–H groups in total. The Morgan fingerprint density at radius 3 is 2.08 bits per heavy atom. The smallest absolute Gasteiger partial charge is 0.101 e. The lowest BCUT2D eigenvalue weighted by Gasteiger charge is -2.03. The van der Waals surface area contributed by atoms with Gasteiger partial charge in [0, 0.05) is 11.9 Å². The lowest BCUT2D eigenvalue weighted by Crippen LogP contribution is -1.95. The number of nitrogens with zero attached hydrogens (tertiary/aromatic N) is 6. The highest BCUT2D eigenvalue weighted by atomic mass is 15.0. The Morgan fingerprint density at radius 1 is 0.708 bits per heavy atom. The number of fused-ring (bicyclic) bond motifs is 2. The molecule has 0 aliphatic carbocycles. The second-order valence-corrected chi connectivity index (χ2v) is 6.39. The zero-order valence-electron chi connectivity index (χ0n) is 14.5. The quantitative estimate of drug-likeness (QED) is 0.564. The highest BCUT2D eigenvalue weighted by Crippen LogP contribution is 2.13. The molecule has 0 bridgehead atoms. The SMILES string of the molecule is CC(C)c1cc2cncn2cn1.CC(C)c1cn2cncc2cn1. The Morgan fingerprint density at radius 2 is 1.38 bits per heavy atom. The van der Waals surface area contributed by atoms with E-state index < -0.39 is 0 Å². The average Bonchev–Trinajstić information content (AvgIpc) is 3.22. The third-order valence-electron chi connectivity index (χ3n) is 3.82. The van der Waals surface area contributed by atoms with Gasteiger partial charge in [-0.15, -0.1) is 0 Å². The molecule has 4 heterocycles. The summed E-state index contributed by atoms with van der Waals surface area (Å²) in [5, 5.41) is 0. The van der Waals surface area contributed by atoms with E-state index >= 15 is 0 Å². The van der Waals surface area contributed by atoms with Crippen LogP contribution in [-0.2, 0) is 0 Å². The van der Waals surface area contributed by atoms with E-state index in [1.54, 1.807) is 25.2 Å². The molecule has 0 atom stereocenters. The summed E-state index contributed by atoms with van der Waals surface area (Å²) in [5.41, 5.74) is 4.36. The maximum atomic E-state index is 4.32. The molecule has 0 spiro atoms. The van der Waals surface area contributed by atoms with Gasteiger partial charge in [0.25, 0.3) is 0 Å². The molecule has 4 aromatic heterocycles. The first-order valence-electron chi connectivity index (χ1n) is 8.10. The van der Waals surface area contributed by atoms with Gasteiger partial charge in [-0.05, 0) is 17.9 Å². The first kappa shape index (κ1) is 16.1. The first-order chi connectivity index (χ1) is 11.5. The van der Waals surface area contributed by atoms with E-state index in [4.69, 9.17) is 0 Å². The van der Waals surface area contributed by atoms with Crippen molar-refractivity contribution in [2.75, 3.05) is 0 Å². The van der Waals surface area contributed by atoms with Crippen LogP contribution >= 0.6 is 0 Å². The van der Waals surface area contributed by atoms with Crippen LogP contribution < -0.4 is 0 Å². The summed E-state index contributed by atoms with van der Waals surface area (Å²) in [6.45, 7) is 8.53. The standard InChI is InChI=1S/2C9H11N3/c1-7(2)9-5-12-6-10-3-8(12)4-11-9;1-7(2)9-3-8-4-10-5-12(8)6-11-9/h2*3-7H,1-2H3. The first-order valence-corrected chi connectivity index (χ1v) is 8.10. The molecule has 0 saturated heterocycles. The van der Waals surface area contributed by atoms with Gasteiger partial charge in [0.2, 0.25) is 0 Å². The molecule has 0 aromatic carbocycles. The van der Waals surface area contributed by atoms with Crippen LogP contribution in [0.25, 0.3) is 11.0 Å². The van der Waals surface area contributed by atoms with Crippen molar-refractivity contribution in [3.8, 4) is 0 Å². The molecule has 4 aromatic rings. The van der Waals surface area contributed by atoms with Gasteiger partial charge in [0.1, 0.15) is 12.7 Å². The minimum Gasteiger partial charge on any atom is -0.303 e. The number of hydrogen-bond donors (Lipinski definition) is 0. The molecule has 4 rings (SSSR count). The van der Waals surface area contributed by atoms with Gasteiger partial charge in [-0.2, -0.15) is 0 Å².